The first-order chi connectivity index (χ1) is 9.24. The van der Waals surface area contributed by atoms with Gasteiger partial charge in [0.2, 0.25) is 0 Å². The van der Waals surface area contributed by atoms with Crippen LogP contribution < -0.4 is 5.56 Å². The Hall–Kier alpha value is -2.34. The fourth-order valence-electron chi connectivity index (χ4n) is 1.71. The minimum absolute atomic E-state index is 0.206. The van der Waals surface area contributed by atoms with Crippen LogP contribution in [0.3, 0.4) is 0 Å². The minimum Gasteiger partial charge on any atom is -0.267 e. The summed E-state index contributed by atoms with van der Waals surface area (Å²) in [6, 6.07) is 10.4. The Bertz CT molecular complexity index is 784. The standard InChI is InChI=1S/C12H8ClN5O/c13-11-6-5-8(14-16-11)7-18-12(19)9-3-1-2-4-10(9)15-17-18/h1-6H,7H2. The summed E-state index contributed by atoms with van der Waals surface area (Å²) in [7, 11) is 0. The Morgan fingerprint density at radius 3 is 2.68 bits per heavy atom. The summed E-state index contributed by atoms with van der Waals surface area (Å²) in [5.41, 5.74) is 0.962. The maximum atomic E-state index is 12.2. The van der Waals surface area contributed by atoms with E-state index in [1.807, 2.05) is 6.07 Å². The second-order valence-electron chi connectivity index (χ2n) is 3.92. The molecule has 0 fully saturated rings. The van der Waals surface area contributed by atoms with E-state index in [0.717, 1.165) is 0 Å². The van der Waals surface area contributed by atoms with Gasteiger partial charge in [-0.2, -0.15) is 5.10 Å². The van der Waals surface area contributed by atoms with E-state index < -0.39 is 0 Å². The molecule has 0 aliphatic rings. The zero-order valence-electron chi connectivity index (χ0n) is 9.69. The molecule has 7 heteroatoms. The van der Waals surface area contributed by atoms with E-state index in [1.165, 1.54) is 4.68 Å². The molecule has 1 aromatic carbocycles. The van der Waals surface area contributed by atoms with Crippen molar-refractivity contribution in [1.29, 1.82) is 0 Å². The quantitative estimate of drug-likeness (QED) is 0.703. The molecule has 0 aliphatic carbocycles. The van der Waals surface area contributed by atoms with Crippen LogP contribution in [0.25, 0.3) is 10.9 Å². The smallest absolute Gasteiger partial charge is 0.267 e. The number of fused-ring (bicyclic) bond motifs is 1. The van der Waals surface area contributed by atoms with Crippen molar-refractivity contribution in [3.05, 3.63) is 57.6 Å². The summed E-state index contributed by atoms with van der Waals surface area (Å²) in [5, 5.41) is 16.3. The van der Waals surface area contributed by atoms with Gasteiger partial charge in [0.1, 0.15) is 5.52 Å². The topological polar surface area (TPSA) is 73.6 Å². The average Bonchev–Trinajstić information content (AvgIpc) is 2.45. The Labute approximate surface area is 112 Å². The number of nitrogens with zero attached hydrogens (tertiary/aromatic N) is 5. The Morgan fingerprint density at radius 1 is 1.05 bits per heavy atom. The van der Waals surface area contributed by atoms with Crippen LogP contribution in [0, 0.1) is 0 Å². The van der Waals surface area contributed by atoms with Crippen molar-refractivity contribution >= 4 is 22.5 Å². The van der Waals surface area contributed by atoms with Crippen molar-refractivity contribution in [2.45, 2.75) is 6.54 Å². The highest BCUT2D eigenvalue weighted by atomic mass is 35.5. The van der Waals surface area contributed by atoms with Gasteiger partial charge in [0.25, 0.3) is 5.56 Å². The molecule has 0 saturated carbocycles. The largest absolute Gasteiger partial charge is 0.277 e. The van der Waals surface area contributed by atoms with E-state index in [1.54, 1.807) is 30.3 Å². The summed E-state index contributed by atoms with van der Waals surface area (Å²) in [6.45, 7) is 0.209. The van der Waals surface area contributed by atoms with Crippen LogP contribution in [0.5, 0.6) is 0 Å². The Kier molecular flexibility index (Phi) is 2.92. The summed E-state index contributed by atoms with van der Waals surface area (Å²) in [4.78, 5) is 12.2. The molecule has 0 radical (unpaired) electrons. The predicted molar refractivity (Wildman–Crippen MR) is 69.9 cm³/mol. The molecule has 0 atom stereocenters. The van der Waals surface area contributed by atoms with Crippen LogP contribution >= 0.6 is 11.6 Å². The van der Waals surface area contributed by atoms with Crippen LogP contribution in [0.1, 0.15) is 5.69 Å². The Balaban J connectivity index is 2.04. The Morgan fingerprint density at radius 2 is 1.89 bits per heavy atom. The van der Waals surface area contributed by atoms with Crippen molar-refractivity contribution in [3.8, 4) is 0 Å². The van der Waals surface area contributed by atoms with Gasteiger partial charge in [0.05, 0.1) is 17.6 Å². The monoisotopic (exact) mass is 273 g/mol. The SMILES string of the molecule is O=c1c2ccccc2nnn1Cc1ccc(Cl)nn1. The summed E-state index contributed by atoms with van der Waals surface area (Å²) >= 11 is 5.65. The van der Waals surface area contributed by atoms with Crippen LogP contribution in [0.4, 0.5) is 0 Å². The molecule has 0 amide bonds. The van der Waals surface area contributed by atoms with Crippen LogP contribution in [0.15, 0.2) is 41.2 Å². The van der Waals surface area contributed by atoms with E-state index in [9.17, 15) is 4.79 Å². The normalized spacial score (nSPS) is 10.8. The van der Waals surface area contributed by atoms with Crippen molar-refractivity contribution in [1.82, 2.24) is 25.2 Å². The number of benzene rings is 1. The fourth-order valence-corrected chi connectivity index (χ4v) is 1.81. The number of aromatic nitrogens is 5. The molecule has 2 aromatic heterocycles. The molecule has 2 heterocycles. The molecule has 0 unspecified atom stereocenters. The predicted octanol–water partition coefficient (Wildman–Crippen LogP) is 1.28. The summed E-state index contributed by atoms with van der Waals surface area (Å²) in [6.07, 6.45) is 0. The maximum absolute atomic E-state index is 12.2. The van der Waals surface area contributed by atoms with Gasteiger partial charge < -0.3 is 0 Å². The maximum Gasteiger partial charge on any atom is 0.277 e. The highest BCUT2D eigenvalue weighted by Gasteiger charge is 2.06. The average molecular weight is 274 g/mol. The lowest BCUT2D eigenvalue weighted by molar-refractivity contribution is 0.587. The van der Waals surface area contributed by atoms with E-state index in [2.05, 4.69) is 20.5 Å². The molecule has 94 valence electrons. The fraction of sp³-hybridized carbons (Fsp3) is 0.0833. The van der Waals surface area contributed by atoms with E-state index in [0.29, 0.717) is 21.7 Å². The number of halogens is 1. The van der Waals surface area contributed by atoms with Gasteiger partial charge in [-0.25, -0.2) is 4.68 Å². The van der Waals surface area contributed by atoms with Crippen molar-refractivity contribution in [3.63, 3.8) is 0 Å². The van der Waals surface area contributed by atoms with Gasteiger partial charge in [-0.05, 0) is 24.3 Å². The van der Waals surface area contributed by atoms with Crippen molar-refractivity contribution in [2.75, 3.05) is 0 Å². The lowest BCUT2D eigenvalue weighted by Crippen LogP contribution is -2.25. The van der Waals surface area contributed by atoms with Crippen LogP contribution in [0.2, 0.25) is 5.15 Å². The highest BCUT2D eigenvalue weighted by molar-refractivity contribution is 6.29. The van der Waals surface area contributed by atoms with Gasteiger partial charge in [0.15, 0.2) is 5.15 Å². The van der Waals surface area contributed by atoms with E-state index >= 15 is 0 Å². The molecular formula is C12H8ClN5O. The highest BCUT2D eigenvalue weighted by Crippen LogP contribution is 2.05. The first-order valence-corrected chi connectivity index (χ1v) is 5.92. The summed E-state index contributed by atoms with van der Waals surface area (Å²) < 4.78 is 1.25. The van der Waals surface area contributed by atoms with Crippen molar-refractivity contribution in [2.24, 2.45) is 0 Å². The lowest BCUT2D eigenvalue weighted by Gasteiger charge is -2.03. The van der Waals surface area contributed by atoms with E-state index in [4.69, 9.17) is 11.6 Å². The molecule has 0 saturated heterocycles. The third kappa shape index (κ3) is 2.30. The second kappa shape index (κ2) is 4.74. The molecular weight excluding hydrogens is 266 g/mol. The zero-order chi connectivity index (χ0) is 13.2. The van der Waals surface area contributed by atoms with Crippen LogP contribution in [-0.2, 0) is 6.54 Å². The van der Waals surface area contributed by atoms with E-state index in [-0.39, 0.29) is 12.1 Å². The minimum atomic E-state index is -0.206. The molecule has 0 aliphatic heterocycles. The van der Waals surface area contributed by atoms with Crippen LogP contribution in [-0.4, -0.2) is 25.2 Å². The number of hydrogen-bond donors (Lipinski definition) is 0. The second-order valence-corrected chi connectivity index (χ2v) is 4.30. The first kappa shape index (κ1) is 11.7. The molecule has 0 bridgehead atoms. The first-order valence-electron chi connectivity index (χ1n) is 5.55. The van der Waals surface area contributed by atoms with Gasteiger partial charge in [0, 0.05) is 0 Å². The summed E-state index contributed by atoms with van der Waals surface area (Å²) in [5.74, 6) is 0. The molecule has 3 aromatic rings. The number of hydrogen-bond acceptors (Lipinski definition) is 5. The molecule has 0 N–H and O–H groups in total. The lowest BCUT2D eigenvalue weighted by atomic mass is 10.2. The third-order valence-electron chi connectivity index (χ3n) is 2.63. The van der Waals surface area contributed by atoms with Gasteiger partial charge >= 0.3 is 0 Å². The molecule has 19 heavy (non-hydrogen) atoms. The third-order valence-corrected chi connectivity index (χ3v) is 2.83. The van der Waals surface area contributed by atoms with Gasteiger partial charge in [-0.3, -0.25) is 4.79 Å². The molecule has 6 nitrogen and oxygen atoms in total. The van der Waals surface area contributed by atoms with Gasteiger partial charge in [-0.1, -0.05) is 28.9 Å². The molecule has 3 rings (SSSR count). The number of rotatable bonds is 2. The van der Waals surface area contributed by atoms with Crippen molar-refractivity contribution < 1.29 is 0 Å². The molecule has 0 spiro atoms. The van der Waals surface area contributed by atoms with Gasteiger partial charge in [-0.15, -0.1) is 10.2 Å². The zero-order valence-corrected chi connectivity index (χ0v) is 10.4.